The molecular formula is C15H11ClN2O. The first-order valence-corrected chi connectivity index (χ1v) is 6.28. The van der Waals surface area contributed by atoms with Gasteiger partial charge in [0.15, 0.2) is 0 Å². The van der Waals surface area contributed by atoms with Crippen LogP contribution in [0.25, 0.3) is 10.9 Å². The second-order valence-electron chi connectivity index (χ2n) is 4.11. The third-order valence-electron chi connectivity index (χ3n) is 2.78. The molecule has 4 heteroatoms. The average Bonchev–Trinajstić information content (AvgIpc) is 2.47. The molecule has 0 aliphatic heterocycles. The minimum absolute atomic E-state index is 0.444. The standard InChI is InChI=1S/C15H11ClN2O/c16-14-7-6-11(9-18-14)10-19-13-5-1-3-12-4-2-8-17-15(12)13/h1-9H,10H2. The molecule has 0 bridgehead atoms. The van der Waals surface area contributed by atoms with Crippen molar-refractivity contribution in [2.24, 2.45) is 0 Å². The van der Waals surface area contributed by atoms with Crippen LogP contribution in [0.3, 0.4) is 0 Å². The Morgan fingerprint density at radius 2 is 1.89 bits per heavy atom. The molecule has 0 amide bonds. The number of benzene rings is 1. The van der Waals surface area contributed by atoms with Crippen LogP contribution in [0.4, 0.5) is 0 Å². The Morgan fingerprint density at radius 1 is 1.00 bits per heavy atom. The van der Waals surface area contributed by atoms with E-state index in [1.165, 1.54) is 0 Å². The van der Waals surface area contributed by atoms with Gasteiger partial charge in [-0.3, -0.25) is 4.98 Å². The average molecular weight is 271 g/mol. The number of halogens is 1. The van der Waals surface area contributed by atoms with Crippen LogP contribution in [0, 0.1) is 0 Å². The molecule has 0 N–H and O–H groups in total. The molecule has 0 atom stereocenters. The molecule has 1 aromatic carbocycles. The first-order chi connectivity index (χ1) is 9.33. The molecule has 3 nitrogen and oxygen atoms in total. The molecule has 2 aromatic heterocycles. The van der Waals surface area contributed by atoms with Crippen molar-refractivity contribution in [2.75, 3.05) is 0 Å². The topological polar surface area (TPSA) is 35.0 Å². The van der Waals surface area contributed by atoms with E-state index in [0.29, 0.717) is 11.8 Å². The van der Waals surface area contributed by atoms with E-state index in [1.54, 1.807) is 18.5 Å². The van der Waals surface area contributed by atoms with Gasteiger partial charge in [-0.2, -0.15) is 0 Å². The maximum absolute atomic E-state index is 5.80. The number of ether oxygens (including phenoxy) is 1. The smallest absolute Gasteiger partial charge is 0.146 e. The zero-order chi connectivity index (χ0) is 13.1. The molecule has 0 saturated carbocycles. The lowest BCUT2D eigenvalue weighted by Gasteiger charge is -2.08. The summed E-state index contributed by atoms with van der Waals surface area (Å²) >= 11 is 5.75. The van der Waals surface area contributed by atoms with Crippen LogP contribution in [-0.2, 0) is 6.61 Å². The molecule has 19 heavy (non-hydrogen) atoms. The van der Waals surface area contributed by atoms with E-state index in [0.717, 1.165) is 22.2 Å². The van der Waals surface area contributed by atoms with Gasteiger partial charge >= 0.3 is 0 Å². The van der Waals surface area contributed by atoms with Crippen LogP contribution in [-0.4, -0.2) is 9.97 Å². The summed E-state index contributed by atoms with van der Waals surface area (Å²) in [4.78, 5) is 8.37. The Labute approximate surface area is 115 Å². The maximum Gasteiger partial charge on any atom is 0.146 e. The van der Waals surface area contributed by atoms with Crippen molar-refractivity contribution in [3.05, 3.63) is 65.6 Å². The van der Waals surface area contributed by atoms with E-state index in [2.05, 4.69) is 9.97 Å². The van der Waals surface area contributed by atoms with Crippen LogP contribution < -0.4 is 4.74 Å². The fraction of sp³-hybridized carbons (Fsp3) is 0.0667. The summed E-state index contributed by atoms with van der Waals surface area (Å²) in [5.41, 5.74) is 1.84. The highest BCUT2D eigenvalue weighted by Gasteiger charge is 2.03. The second kappa shape index (κ2) is 5.24. The summed E-state index contributed by atoms with van der Waals surface area (Å²) in [6.07, 6.45) is 3.47. The second-order valence-corrected chi connectivity index (χ2v) is 4.50. The van der Waals surface area contributed by atoms with Gasteiger partial charge in [0.25, 0.3) is 0 Å². The molecule has 94 valence electrons. The molecule has 0 saturated heterocycles. The Bertz CT molecular complexity index is 693. The highest BCUT2D eigenvalue weighted by Crippen LogP contribution is 2.23. The molecule has 0 unspecified atom stereocenters. The largest absolute Gasteiger partial charge is 0.487 e. The molecule has 0 radical (unpaired) electrons. The van der Waals surface area contributed by atoms with Crippen molar-refractivity contribution >= 4 is 22.5 Å². The Balaban J connectivity index is 1.84. The highest BCUT2D eigenvalue weighted by atomic mass is 35.5. The van der Waals surface area contributed by atoms with Crippen molar-refractivity contribution < 1.29 is 4.74 Å². The third kappa shape index (κ3) is 2.66. The third-order valence-corrected chi connectivity index (χ3v) is 3.00. The van der Waals surface area contributed by atoms with Crippen LogP contribution in [0.2, 0.25) is 5.15 Å². The van der Waals surface area contributed by atoms with Gasteiger partial charge in [0.2, 0.25) is 0 Å². The zero-order valence-electron chi connectivity index (χ0n) is 10.1. The predicted molar refractivity (Wildman–Crippen MR) is 75.3 cm³/mol. The molecule has 3 rings (SSSR count). The first-order valence-electron chi connectivity index (χ1n) is 5.90. The number of hydrogen-bond acceptors (Lipinski definition) is 3. The van der Waals surface area contributed by atoms with Crippen LogP contribution in [0.15, 0.2) is 54.9 Å². The van der Waals surface area contributed by atoms with Crippen molar-refractivity contribution in [3.63, 3.8) is 0 Å². The number of fused-ring (bicyclic) bond motifs is 1. The Morgan fingerprint density at radius 3 is 2.74 bits per heavy atom. The van der Waals surface area contributed by atoms with E-state index < -0.39 is 0 Å². The number of para-hydroxylation sites is 1. The SMILES string of the molecule is Clc1ccc(COc2cccc3cccnc23)cn1. The lowest BCUT2D eigenvalue weighted by atomic mass is 10.2. The molecule has 0 spiro atoms. The minimum Gasteiger partial charge on any atom is -0.487 e. The molecule has 0 aliphatic rings. The van der Waals surface area contributed by atoms with Crippen LogP contribution in [0.1, 0.15) is 5.56 Å². The van der Waals surface area contributed by atoms with Gasteiger partial charge in [-0.15, -0.1) is 0 Å². The number of rotatable bonds is 3. The molecule has 3 aromatic rings. The fourth-order valence-corrected chi connectivity index (χ4v) is 1.96. The quantitative estimate of drug-likeness (QED) is 0.678. The number of aromatic nitrogens is 2. The first kappa shape index (κ1) is 11.9. The molecule has 0 fully saturated rings. The van der Waals surface area contributed by atoms with Crippen molar-refractivity contribution in [2.45, 2.75) is 6.61 Å². The van der Waals surface area contributed by atoms with Gasteiger partial charge in [-0.25, -0.2) is 4.98 Å². The normalized spacial score (nSPS) is 10.6. The lowest BCUT2D eigenvalue weighted by Crippen LogP contribution is -1.97. The van der Waals surface area contributed by atoms with Gasteiger partial charge in [-0.05, 0) is 18.2 Å². The summed E-state index contributed by atoms with van der Waals surface area (Å²) in [5.74, 6) is 0.771. The minimum atomic E-state index is 0.444. The van der Waals surface area contributed by atoms with E-state index in [9.17, 15) is 0 Å². The van der Waals surface area contributed by atoms with Crippen molar-refractivity contribution in [1.82, 2.24) is 9.97 Å². The van der Waals surface area contributed by atoms with Crippen LogP contribution >= 0.6 is 11.6 Å². The Hall–Kier alpha value is -2.13. The summed E-state index contributed by atoms with van der Waals surface area (Å²) < 4.78 is 5.80. The molecular weight excluding hydrogens is 260 g/mol. The van der Waals surface area contributed by atoms with E-state index in [-0.39, 0.29) is 0 Å². The van der Waals surface area contributed by atoms with Gasteiger partial charge in [0.05, 0.1) is 0 Å². The van der Waals surface area contributed by atoms with E-state index in [4.69, 9.17) is 16.3 Å². The van der Waals surface area contributed by atoms with Gasteiger partial charge < -0.3 is 4.74 Å². The molecule has 0 aliphatic carbocycles. The van der Waals surface area contributed by atoms with Crippen molar-refractivity contribution in [1.29, 1.82) is 0 Å². The summed E-state index contributed by atoms with van der Waals surface area (Å²) in [6, 6.07) is 13.5. The maximum atomic E-state index is 5.80. The van der Waals surface area contributed by atoms with Crippen molar-refractivity contribution in [3.8, 4) is 5.75 Å². The molecule has 2 heterocycles. The summed E-state index contributed by atoms with van der Waals surface area (Å²) in [6.45, 7) is 0.444. The van der Waals surface area contributed by atoms with Gasteiger partial charge in [-0.1, -0.05) is 35.9 Å². The fourth-order valence-electron chi connectivity index (χ4n) is 1.85. The summed E-state index contributed by atoms with van der Waals surface area (Å²) in [7, 11) is 0. The van der Waals surface area contributed by atoms with E-state index >= 15 is 0 Å². The predicted octanol–water partition coefficient (Wildman–Crippen LogP) is 3.86. The Kier molecular flexibility index (Phi) is 3.29. The summed E-state index contributed by atoms with van der Waals surface area (Å²) in [5, 5.41) is 1.55. The van der Waals surface area contributed by atoms with Gasteiger partial charge in [0, 0.05) is 23.3 Å². The monoisotopic (exact) mass is 270 g/mol. The number of pyridine rings is 2. The number of hydrogen-bond donors (Lipinski definition) is 0. The lowest BCUT2D eigenvalue weighted by molar-refractivity contribution is 0.309. The van der Waals surface area contributed by atoms with E-state index in [1.807, 2.05) is 36.4 Å². The van der Waals surface area contributed by atoms with Crippen LogP contribution in [0.5, 0.6) is 5.75 Å². The highest BCUT2D eigenvalue weighted by molar-refractivity contribution is 6.29. The van der Waals surface area contributed by atoms with Gasteiger partial charge in [0.1, 0.15) is 23.0 Å². The number of nitrogens with zero attached hydrogens (tertiary/aromatic N) is 2. The zero-order valence-corrected chi connectivity index (χ0v) is 10.8.